The summed E-state index contributed by atoms with van der Waals surface area (Å²) in [7, 11) is 1.94. The van der Waals surface area contributed by atoms with Gasteiger partial charge in [0.15, 0.2) is 0 Å². The topological polar surface area (TPSA) is 29.5 Å². The first-order valence-corrected chi connectivity index (χ1v) is 6.51. The lowest BCUT2D eigenvalue weighted by Crippen LogP contribution is -2.37. The molecule has 94 valence electrons. The van der Waals surface area contributed by atoms with Gasteiger partial charge in [-0.05, 0) is 31.6 Å². The van der Waals surface area contributed by atoms with Crippen LogP contribution in [0.15, 0.2) is 0 Å². The average molecular weight is 227 g/mol. The van der Waals surface area contributed by atoms with Gasteiger partial charge in [-0.2, -0.15) is 0 Å². The number of carbonyl (C=O) groups is 1. The summed E-state index contributed by atoms with van der Waals surface area (Å²) in [6.45, 7) is 6.80. The van der Waals surface area contributed by atoms with Gasteiger partial charge in [0.05, 0.1) is 0 Å². The van der Waals surface area contributed by atoms with Gasteiger partial charge in [-0.3, -0.25) is 4.79 Å². The summed E-state index contributed by atoms with van der Waals surface area (Å²) in [5.74, 6) is 1.17. The third kappa shape index (κ3) is 3.78. The second-order valence-electron chi connectivity index (χ2n) is 4.79. The molecule has 3 heteroatoms. The van der Waals surface area contributed by atoms with Gasteiger partial charge in [-0.25, -0.2) is 0 Å². The number of amides is 1. The van der Waals surface area contributed by atoms with Crippen molar-refractivity contribution in [3.05, 3.63) is 0 Å². The van der Waals surface area contributed by atoms with Gasteiger partial charge in [-0.1, -0.05) is 13.8 Å². The van der Waals surface area contributed by atoms with Crippen molar-refractivity contribution in [1.82, 2.24) is 4.90 Å². The van der Waals surface area contributed by atoms with Crippen molar-refractivity contribution in [2.75, 3.05) is 26.8 Å². The van der Waals surface area contributed by atoms with E-state index >= 15 is 0 Å². The quantitative estimate of drug-likeness (QED) is 0.721. The summed E-state index contributed by atoms with van der Waals surface area (Å²) in [5.41, 5.74) is 0. The minimum Gasteiger partial charge on any atom is -0.381 e. The molecule has 0 aromatic heterocycles. The molecule has 0 N–H and O–H groups in total. The Morgan fingerprint density at radius 2 is 1.88 bits per heavy atom. The Morgan fingerprint density at radius 3 is 2.38 bits per heavy atom. The summed E-state index contributed by atoms with van der Waals surface area (Å²) < 4.78 is 5.33. The van der Waals surface area contributed by atoms with Crippen LogP contribution in [0.25, 0.3) is 0 Å². The molecule has 0 atom stereocenters. The summed E-state index contributed by atoms with van der Waals surface area (Å²) >= 11 is 0. The summed E-state index contributed by atoms with van der Waals surface area (Å²) in [6.07, 6.45) is 4.10. The molecule has 1 aliphatic heterocycles. The van der Waals surface area contributed by atoms with E-state index in [4.69, 9.17) is 4.74 Å². The zero-order chi connectivity index (χ0) is 12.0. The van der Waals surface area contributed by atoms with Crippen molar-refractivity contribution >= 4 is 5.91 Å². The molecule has 0 saturated carbocycles. The van der Waals surface area contributed by atoms with Gasteiger partial charge < -0.3 is 9.64 Å². The van der Waals surface area contributed by atoms with E-state index in [0.717, 1.165) is 45.4 Å². The Labute approximate surface area is 99.1 Å². The molecule has 1 heterocycles. The Bertz CT molecular complexity index is 208. The van der Waals surface area contributed by atoms with Gasteiger partial charge >= 0.3 is 0 Å². The normalized spacial score (nSPS) is 17.8. The standard InChI is InChI=1S/C13H25NO2/c1-4-12(5-2)13(15)14(3)10-11-6-8-16-9-7-11/h11-12H,4-10H2,1-3H3. The SMILES string of the molecule is CCC(CC)C(=O)N(C)CC1CCOCC1. The Hall–Kier alpha value is -0.570. The van der Waals surface area contributed by atoms with Crippen LogP contribution in [0.1, 0.15) is 39.5 Å². The molecule has 0 spiro atoms. The highest BCUT2D eigenvalue weighted by atomic mass is 16.5. The fourth-order valence-corrected chi connectivity index (χ4v) is 2.36. The van der Waals surface area contributed by atoms with Crippen LogP contribution in [0.3, 0.4) is 0 Å². The van der Waals surface area contributed by atoms with Crippen LogP contribution in [0.5, 0.6) is 0 Å². The van der Waals surface area contributed by atoms with Crippen LogP contribution < -0.4 is 0 Å². The highest BCUT2D eigenvalue weighted by Crippen LogP contribution is 2.18. The van der Waals surface area contributed by atoms with Crippen LogP contribution in [-0.4, -0.2) is 37.6 Å². The van der Waals surface area contributed by atoms with Crippen molar-refractivity contribution in [3.63, 3.8) is 0 Å². The van der Waals surface area contributed by atoms with Crippen LogP contribution in [0.2, 0.25) is 0 Å². The number of carbonyl (C=O) groups excluding carboxylic acids is 1. The van der Waals surface area contributed by atoms with Crippen molar-refractivity contribution in [3.8, 4) is 0 Å². The van der Waals surface area contributed by atoms with E-state index in [2.05, 4.69) is 13.8 Å². The molecule has 0 radical (unpaired) electrons. The summed E-state index contributed by atoms with van der Waals surface area (Å²) in [6, 6.07) is 0. The molecular weight excluding hydrogens is 202 g/mol. The van der Waals surface area contributed by atoms with E-state index in [9.17, 15) is 4.79 Å². The van der Waals surface area contributed by atoms with Crippen LogP contribution in [-0.2, 0) is 9.53 Å². The van der Waals surface area contributed by atoms with Crippen LogP contribution in [0, 0.1) is 11.8 Å². The van der Waals surface area contributed by atoms with Gasteiger partial charge in [0.2, 0.25) is 5.91 Å². The maximum Gasteiger partial charge on any atom is 0.225 e. The van der Waals surface area contributed by atoms with Gasteiger partial charge in [0, 0.05) is 32.7 Å². The molecule has 1 aliphatic rings. The van der Waals surface area contributed by atoms with Gasteiger partial charge in [-0.15, -0.1) is 0 Å². The van der Waals surface area contributed by atoms with Crippen LogP contribution >= 0.6 is 0 Å². The van der Waals surface area contributed by atoms with E-state index in [1.807, 2.05) is 11.9 Å². The third-order valence-corrected chi connectivity index (χ3v) is 3.58. The first-order chi connectivity index (χ1) is 7.69. The molecule has 16 heavy (non-hydrogen) atoms. The van der Waals surface area contributed by atoms with E-state index in [-0.39, 0.29) is 5.92 Å². The zero-order valence-corrected chi connectivity index (χ0v) is 10.9. The van der Waals surface area contributed by atoms with E-state index in [1.54, 1.807) is 0 Å². The molecule has 1 fully saturated rings. The fourth-order valence-electron chi connectivity index (χ4n) is 2.36. The van der Waals surface area contributed by atoms with Gasteiger partial charge in [0.25, 0.3) is 0 Å². The molecule has 0 aromatic carbocycles. The smallest absolute Gasteiger partial charge is 0.225 e. The molecule has 3 nitrogen and oxygen atoms in total. The molecule has 0 bridgehead atoms. The number of rotatable bonds is 5. The fraction of sp³-hybridized carbons (Fsp3) is 0.923. The molecule has 0 aliphatic carbocycles. The average Bonchev–Trinajstić information content (AvgIpc) is 2.31. The first-order valence-electron chi connectivity index (χ1n) is 6.51. The van der Waals surface area contributed by atoms with E-state index in [1.165, 1.54) is 0 Å². The van der Waals surface area contributed by atoms with Crippen LogP contribution in [0.4, 0.5) is 0 Å². The molecule has 1 rings (SSSR count). The first kappa shape index (κ1) is 13.5. The monoisotopic (exact) mass is 227 g/mol. The van der Waals surface area contributed by atoms with E-state index in [0.29, 0.717) is 11.8 Å². The number of ether oxygens (including phenoxy) is 1. The summed E-state index contributed by atoms with van der Waals surface area (Å²) in [5, 5.41) is 0. The number of hydrogen-bond donors (Lipinski definition) is 0. The number of nitrogens with zero attached hydrogens (tertiary/aromatic N) is 1. The second-order valence-corrected chi connectivity index (χ2v) is 4.79. The second kappa shape index (κ2) is 6.89. The maximum absolute atomic E-state index is 12.1. The predicted octanol–water partition coefficient (Wildman–Crippen LogP) is 2.31. The molecule has 0 unspecified atom stereocenters. The lowest BCUT2D eigenvalue weighted by Gasteiger charge is -2.29. The lowest BCUT2D eigenvalue weighted by atomic mass is 9.97. The Balaban J connectivity index is 2.37. The Morgan fingerprint density at radius 1 is 1.31 bits per heavy atom. The highest BCUT2D eigenvalue weighted by Gasteiger charge is 2.22. The Kier molecular flexibility index (Phi) is 5.81. The van der Waals surface area contributed by atoms with Crippen molar-refractivity contribution in [2.45, 2.75) is 39.5 Å². The third-order valence-electron chi connectivity index (χ3n) is 3.58. The molecular formula is C13H25NO2. The minimum atomic E-state index is 0.213. The summed E-state index contributed by atoms with van der Waals surface area (Å²) in [4.78, 5) is 14.0. The lowest BCUT2D eigenvalue weighted by molar-refractivity contribution is -0.135. The van der Waals surface area contributed by atoms with Crippen molar-refractivity contribution in [1.29, 1.82) is 0 Å². The van der Waals surface area contributed by atoms with Crippen molar-refractivity contribution < 1.29 is 9.53 Å². The van der Waals surface area contributed by atoms with Crippen molar-refractivity contribution in [2.24, 2.45) is 11.8 Å². The largest absolute Gasteiger partial charge is 0.381 e. The zero-order valence-electron chi connectivity index (χ0n) is 10.9. The van der Waals surface area contributed by atoms with E-state index < -0.39 is 0 Å². The molecule has 1 amide bonds. The van der Waals surface area contributed by atoms with Gasteiger partial charge in [0.1, 0.15) is 0 Å². The molecule has 1 saturated heterocycles. The highest BCUT2D eigenvalue weighted by molar-refractivity contribution is 5.78. The molecule has 0 aromatic rings. The minimum absolute atomic E-state index is 0.213. The maximum atomic E-state index is 12.1. The number of hydrogen-bond acceptors (Lipinski definition) is 2. The predicted molar refractivity (Wildman–Crippen MR) is 65.3 cm³/mol.